The zero-order valence-corrected chi connectivity index (χ0v) is 20.8. The van der Waals surface area contributed by atoms with Gasteiger partial charge in [0.25, 0.3) is 0 Å². The van der Waals surface area contributed by atoms with E-state index < -0.39 is 9.84 Å². The van der Waals surface area contributed by atoms with Crippen LogP contribution < -0.4 is 4.74 Å². The third-order valence-corrected chi connectivity index (χ3v) is 9.34. The van der Waals surface area contributed by atoms with E-state index >= 15 is 0 Å². The molecule has 1 aromatic rings. The Morgan fingerprint density at radius 3 is 2.73 bits per heavy atom. The molecule has 1 saturated heterocycles. The van der Waals surface area contributed by atoms with Gasteiger partial charge in [0, 0.05) is 38.2 Å². The lowest BCUT2D eigenvalue weighted by Crippen LogP contribution is -2.38. The second-order valence-corrected chi connectivity index (χ2v) is 12.1. The van der Waals surface area contributed by atoms with Gasteiger partial charge in [0.15, 0.2) is 9.84 Å². The molecule has 0 aromatic heterocycles. The topological polar surface area (TPSA) is 76.2 Å². The van der Waals surface area contributed by atoms with Gasteiger partial charge in [-0.1, -0.05) is 25.3 Å². The Balaban J connectivity index is 1.39. The Morgan fingerprint density at radius 2 is 2.03 bits per heavy atom. The van der Waals surface area contributed by atoms with Gasteiger partial charge in [-0.3, -0.25) is 4.79 Å². The molecule has 33 heavy (non-hydrogen) atoms. The van der Waals surface area contributed by atoms with Gasteiger partial charge in [0.2, 0.25) is 5.91 Å². The lowest BCUT2D eigenvalue weighted by molar-refractivity contribution is -0.132. The van der Waals surface area contributed by atoms with Crippen LogP contribution in [0, 0.1) is 5.92 Å². The number of amides is 1. The minimum atomic E-state index is -2.92. The monoisotopic (exact) mass is 478 g/mol. The molecule has 0 radical (unpaired) electrons. The highest BCUT2D eigenvalue weighted by Gasteiger charge is 2.31. The fraction of sp³-hybridized carbons (Fsp3) is 0.720. The van der Waals surface area contributed by atoms with Crippen LogP contribution in [-0.2, 0) is 25.9 Å². The van der Waals surface area contributed by atoms with Crippen molar-refractivity contribution in [2.75, 3.05) is 45.4 Å². The van der Waals surface area contributed by atoms with Gasteiger partial charge in [-0.05, 0) is 49.9 Å². The molecule has 0 spiro atoms. The standard InChI is InChI=1S/C25H38N2O5S/c1-26(22-11-15-33(29,30)18-22)12-10-24(28)27-13-14-32-23-9-8-20(16-21(23)17-27)25(31-2)19-6-4-3-5-7-19/h8-9,16,19,22,25H,3-7,10-15,17-18H2,1-2H3/t22-,25-/m0/s1. The maximum atomic E-state index is 13.0. The normalized spacial score (nSPS) is 24.2. The number of hydrogen-bond acceptors (Lipinski definition) is 6. The minimum Gasteiger partial charge on any atom is -0.491 e. The molecule has 3 aliphatic rings. The van der Waals surface area contributed by atoms with Gasteiger partial charge in [-0.2, -0.15) is 0 Å². The fourth-order valence-corrected chi connectivity index (χ4v) is 7.38. The Kier molecular flexibility index (Phi) is 7.97. The molecule has 1 aromatic carbocycles. The molecule has 2 atom stereocenters. The average Bonchev–Trinajstić information content (AvgIpc) is 3.05. The molecular formula is C25H38N2O5S. The molecule has 2 aliphatic heterocycles. The predicted octanol–water partition coefficient (Wildman–Crippen LogP) is 3.18. The Labute approximate surface area is 198 Å². The molecule has 0 bridgehead atoms. The Hall–Kier alpha value is -1.64. The first-order valence-corrected chi connectivity index (χ1v) is 14.2. The number of carbonyl (C=O) groups excluding carboxylic acids is 1. The quantitative estimate of drug-likeness (QED) is 0.599. The van der Waals surface area contributed by atoms with E-state index in [0.29, 0.717) is 45.0 Å². The van der Waals surface area contributed by atoms with Crippen molar-refractivity contribution in [2.24, 2.45) is 5.92 Å². The van der Waals surface area contributed by atoms with Crippen molar-refractivity contribution in [1.29, 1.82) is 0 Å². The van der Waals surface area contributed by atoms with Gasteiger partial charge >= 0.3 is 0 Å². The van der Waals surface area contributed by atoms with Gasteiger partial charge in [0.1, 0.15) is 12.4 Å². The minimum absolute atomic E-state index is 0.0179. The van der Waals surface area contributed by atoms with Crippen LogP contribution in [0.25, 0.3) is 0 Å². The van der Waals surface area contributed by atoms with E-state index in [9.17, 15) is 13.2 Å². The summed E-state index contributed by atoms with van der Waals surface area (Å²) < 4.78 is 35.4. The third kappa shape index (κ3) is 6.08. The van der Waals surface area contributed by atoms with Crippen LogP contribution in [0.2, 0.25) is 0 Å². The first kappa shape index (κ1) is 24.5. The van der Waals surface area contributed by atoms with Crippen LogP contribution in [0.3, 0.4) is 0 Å². The number of sulfone groups is 1. The lowest BCUT2D eigenvalue weighted by atomic mass is 9.82. The van der Waals surface area contributed by atoms with E-state index in [2.05, 4.69) is 12.1 Å². The van der Waals surface area contributed by atoms with Crippen LogP contribution in [-0.4, -0.2) is 75.5 Å². The molecular weight excluding hydrogens is 440 g/mol. The maximum Gasteiger partial charge on any atom is 0.224 e. The molecule has 0 unspecified atom stereocenters. The molecule has 1 amide bonds. The summed E-state index contributed by atoms with van der Waals surface area (Å²) in [7, 11) is 0.790. The average molecular weight is 479 g/mol. The molecule has 2 fully saturated rings. The van der Waals surface area contributed by atoms with E-state index in [4.69, 9.17) is 9.47 Å². The Bertz CT molecular complexity index is 929. The number of hydrogen-bond donors (Lipinski definition) is 0. The zero-order valence-electron chi connectivity index (χ0n) is 20.0. The van der Waals surface area contributed by atoms with E-state index in [0.717, 1.165) is 11.3 Å². The van der Waals surface area contributed by atoms with E-state index in [1.165, 1.54) is 37.7 Å². The van der Waals surface area contributed by atoms with E-state index in [1.807, 2.05) is 22.9 Å². The molecule has 2 heterocycles. The van der Waals surface area contributed by atoms with Crippen LogP contribution in [0.15, 0.2) is 18.2 Å². The van der Waals surface area contributed by atoms with Crippen molar-refractivity contribution >= 4 is 15.7 Å². The maximum absolute atomic E-state index is 13.0. The smallest absolute Gasteiger partial charge is 0.224 e. The predicted molar refractivity (Wildman–Crippen MR) is 128 cm³/mol. The summed E-state index contributed by atoms with van der Waals surface area (Å²) in [5.74, 6) is 1.93. The lowest BCUT2D eigenvalue weighted by Gasteiger charge is -2.30. The van der Waals surface area contributed by atoms with Crippen molar-refractivity contribution < 1.29 is 22.7 Å². The van der Waals surface area contributed by atoms with Gasteiger partial charge in [0.05, 0.1) is 24.2 Å². The summed E-state index contributed by atoms with van der Waals surface area (Å²) in [5.41, 5.74) is 2.20. The molecule has 1 saturated carbocycles. The number of rotatable bonds is 7. The van der Waals surface area contributed by atoms with Crippen molar-refractivity contribution in [3.05, 3.63) is 29.3 Å². The summed E-state index contributed by atoms with van der Waals surface area (Å²) in [6, 6.07) is 6.33. The third-order valence-electron chi connectivity index (χ3n) is 7.59. The highest BCUT2D eigenvalue weighted by molar-refractivity contribution is 7.91. The number of fused-ring (bicyclic) bond motifs is 1. The number of nitrogens with zero attached hydrogens (tertiary/aromatic N) is 2. The van der Waals surface area contributed by atoms with Gasteiger partial charge in [-0.15, -0.1) is 0 Å². The van der Waals surface area contributed by atoms with Crippen LogP contribution in [0.5, 0.6) is 5.75 Å². The first-order valence-electron chi connectivity index (χ1n) is 12.3. The first-order chi connectivity index (χ1) is 15.9. The summed E-state index contributed by atoms with van der Waals surface area (Å²) in [6.07, 6.45) is 7.36. The summed E-state index contributed by atoms with van der Waals surface area (Å²) >= 11 is 0. The molecule has 4 rings (SSSR count). The number of benzene rings is 1. The van der Waals surface area contributed by atoms with Crippen molar-refractivity contribution in [2.45, 2.75) is 63.6 Å². The highest BCUT2D eigenvalue weighted by atomic mass is 32.2. The van der Waals surface area contributed by atoms with Crippen LogP contribution in [0.1, 0.15) is 62.2 Å². The second kappa shape index (κ2) is 10.7. The summed E-state index contributed by atoms with van der Waals surface area (Å²) in [6.45, 7) is 2.13. The summed E-state index contributed by atoms with van der Waals surface area (Å²) in [5, 5.41) is 0. The number of methoxy groups -OCH3 is 1. The van der Waals surface area contributed by atoms with Gasteiger partial charge in [-0.25, -0.2) is 8.42 Å². The fourth-order valence-electron chi connectivity index (χ4n) is 5.58. The zero-order chi connectivity index (χ0) is 23.4. The summed E-state index contributed by atoms with van der Waals surface area (Å²) in [4.78, 5) is 16.9. The number of ether oxygens (including phenoxy) is 2. The van der Waals surface area contributed by atoms with Crippen molar-refractivity contribution in [3.63, 3.8) is 0 Å². The highest BCUT2D eigenvalue weighted by Crippen LogP contribution is 2.38. The van der Waals surface area contributed by atoms with Crippen LogP contribution in [0.4, 0.5) is 0 Å². The van der Waals surface area contributed by atoms with Crippen molar-refractivity contribution in [3.8, 4) is 5.75 Å². The van der Waals surface area contributed by atoms with Crippen LogP contribution >= 0.6 is 0 Å². The molecule has 0 N–H and O–H groups in total. The molecule has 1 aliphatic carbocycles. The van der Waals surface area contributed by atoms with E-state index in [-0.39, 0.29) is 29.6 Å². The SMILES string of the molecule is CO[C@H](c1ccc2c(c1)CN(C(=O)CCN(C)[C@H]1CCS(=O)(=O)C1)CCO2)C1CCCCC1. The van der Waals surface area contributed by atoms with E-state index in [1.54, 1.807) is 7.11 Å². The second-order valence-electron chi connectivity index (χ2n) is 9.87. The number of carbonyl (C=O) groups is 1. The molecule has 7 nitrogen and oxygen atoms in total. The van der Waals surface area contributed by atoms with Crippen molar-refractivity contribution in [1.82, 2.24) is 9.80 Å². The largest absolute Gasteiger partial charge is 0.491 e. The van der Waals surface area contributed by atoms with Gasteiger partial charge < -0.3 is 19.3 Å². The molecule has 184 valence electrons. The Morgan fingerprint density at radius 1 is 1.24 bits per heavy atom. The molecule has 8 heteroatoms.